The molecule has 0 aromatic heterocycles. The molecule has 0 aliphatic heterocycles. The van der Waals surface area contributed by atoms with E-state index in [1.54, 1.807) is 0 Å². The lowest BCUT2D eigenvalue weighted by molar-refractivity contribution is -0.145. The van der Waals surface area contributed by atoms with E-state index in [9.17, 15) is 4.79 Å². The Labute approximate surface area is 159 Å². The molecule has 5 unspecified atom stereocenters. The van der Waals surface area contributed by atoms with Crippen LogP contribution in [-0.2, 0) is 9.53 Å². The van der Waals surface area contributed by atoms with Crippen molar-refractivity contribution in [3.63, 3.8) is 0 Å². The molecule has 0 N–H and O–H groups in total. The van der Waals surface area contributed by atoms with E-state index in [-0.39, 0.29) is 11.5 Å². The Kier molecular flexibility index (Phi) is 4.39. The third kappa shape index (κ3) is 2.46. The first-order valence-electron chi connectivity index (χ1n) is 10.7. The van der Waals surface area contributed by atoms with Crippen LogP contribution >= 0.6 is 0 Å². The number of hydrogen-bond donors (Lipinski definition) is 0. The highest BCUT2D eigenvalue weighted by Crippen LogP contribution is 2.66. The molecule has 4 aliphatic carbocycles. The molecular weight excluding hydrogens is 320 g/mol. The lowest BCUT2D eigenvalue weighted by Crippen LogP contribution is -2.55. The summed E-state index contributed by atoms with van der Waals surface area (Å²) in [7, 11) is 0. The van der Waals surface area contributed by atoms with Crippen molar-refractivity contribution in [3.05, 3.63) is 11.6 Å². The molecule has 4 aliphatic rings. The monoisotopic (exact) mass is 354 g/mol. The first-order valence-corrected chi connectivity index (χ1v) is 10.7. The summed E-state index contributed by atoms with van der Waals surface area (Å²) < 4.78 is 6.46. The summed E-state index contributed by atoms with van der Waals surface area (Å²) in [5, 5.41) is 0. The third-order valence-electron chi connectivity index (χ3n) is 8.43. The fraction of sp³-hybridized carbons (Fsp3) is 0.792. The number of ketones is 1. The van der Waals surface area contributed by atoms with Gasteiger partial charge in [-0.3, -0.25) is 4.79 Å². The molecule has 0 bridgehead atoms. The van der Waals surface area contributed by atoms with E-state index in [0.29, 0.717) is 23.5 Å². The minimum atomic E-state index is -0.394. The van der Waals surface area contributed by atoms with Gasteiger partial charge in [-0.15, -0.1) is 6.42 Å². The number of hydrogen-bond acceptors (Lipinski definition) is 2. The first-order chi connectivity index (χ1) is 12.3. The Bertz CT molecular complexity index is 668. The van der Waals surface area contributed by atoms with Crippen LogP contribution in [0, 0.1) is 47.3 Å². The number of ether oxygens (including phenoxy) is 1. The smallest absolute Gasteiger partial charge is 0.155 e. The molecule has 4 rings (SSSR count). The molecule has 0 saturated heterocycles. The van der Waals surface area contributed by atoms with Crippen molar-refractivity contribution >= 4 is 5.78 Å². The normalized spacial score (nSPS) is 47.6. The van der Waals surface area contributed by atoms with Gasteiger partial charge in [-0.2, -0.15) is 0 Å². The van der Waals surface area contributed by atoms with E-state index >= 15 is 0 Å². The zero-order valence-corrected chi connectivity index (χ0v) is 16.9. The van der Waals surface area contributed by atoms with Gasteiger partial charge in [-0.05, 0) is 88.0 Å². The lowest BCUT2D eigenvalue weighted by atomic mass is 9.48. The Balaban J connectivity index is 1.68. The zero-order valence-electron chi connectivity index (χ0n) is 16.9. The number of allylic oxidation sites excluding steroid dienone is 1. The molecule has 0 aromatic carbocycles. The van der Waals surface area contributed by atoms with E-state index in [4.69, 9.17) is 11.2 Å². The van der Waals surface area contributed by atoms with E-state index in [1.165, 1.54) is 24.8 Å². The second-order valence-electron chi connectivity index (χ2n) is 9.99. The predicted octanol–water partition coefficient (Wildman–Crippen LogP) is 5.17. The van der Waals surface area contributed by atoms with Crippen LogP contribution in [0.4, 0.5) is 0 Å². The van der Waals surface area contributed by atoms with Gasteiger partial charge in [0.15, 0.2) is 5.78 Å². The maximum atomic E-state index is 11.9. The van der Waals surface area contributed by atoms with Crippen molar-refractivity contribution in [2.75, 3.05) is 0 Å². The van der Waals surface area contributed by atoms with Gasteiger partial charge in [-0.25, -0.2) is 0 Å². The third-order valence-corrected chi connectivity index (χ3v) is 8.43. The molecule has 3 fully saturated rings. The standard InChI is InChI=1S/C24H34O2/c1-6-24(26-15(2)3)12-10-21-22-16(4)13-17-14-18(25)7-8-19(17)20(22)9-11-23(21,24)5/h1,14-16,19-22H,7-13H2,2-5H3/t16?,19?,20?,21?,22?,23-,24-/m0/s1. The van der Waals surface area contributed by atoms with Crippen molar-refractivity contribution < 1.29 is 9.53 Å². The largest absolute Gasteiger partial charge is 0.359 e. The lowest BCUT2D eigenvalue weighted by Gasteiger charge is -2.57. The van der Waals surface area contributed by atoms with Crippen LogP contribution in [0.1, 0.15) is 72.6 Å². The van der Waals surface area contributed by atoms with Crippen LogP contribution in [0.15, 0.2) is 11.6 Å². The average molecular weight is 355 g/mol. The Hall–Kier alpha value is -1.07. The van der Waals surface area contributed by atoms with Crippen LogP contribution in [0.25, 0.3) is 0 Å². The maximum absolute atomic E-state index is 11.9. The summed E-state index contributed by atoms with van der Waals surface area (Å²) >= 11 is 0. The van der Waals surface area contributed by atoms with Gasteiger partial charge in [0, 0.05) is 11.8 Å². The van der Waals surface area contributed by atoms with Crippen molar-refractivity contribution in [3.8, 4) is 12.3 Å². The molecule has 0 radical (unpaired) electrons. The molecule has 7 atom stereocenters. The highest BCUT2D eigenvalue weighted by Gasteiger charge is 2.64. The summed E-state index contributed by atoms with van der Waals surface area (Å²) in [6.45, 7) is 9.06. The second kappa shape index (κ2) is 6.23. The maximum Gasteiger partial charge on any atom is 0.155 e. The van der Waals surface area contributed by atoms with Gasteiger partial charge >= 0.3 is 0 Å². The molecule has 0 heterocycles. The summed E-state index contributed by atoms with van der Waals surface area (Å²) in [4.78, 5) is 11.9. The topological polar surface area (TPSA) is 26.3 Å². The van der Waals surface area contributed by atoms with Gasteiger partial charge in [-0.1, -0.05) is 25.3 Å². The van der Waals surface area contributed by atoms with Gasteiger partial charge in [0.05, 0.1) is 6.10 Å². The molecule has 3 saturated carbocycles. The summed E-state index contributed by atoms with van der Waals surface area (Å²) in [6.07, 6.45) is 15.8. The van der Waals surface area contributed by atoms with E-state index in [2.05, 4.69) is 33.6 Å². The summed E-state index contributed by atoms with van der Waals surface area (Å²) in [6, 6.07) is 0. The number of carbonyl (C=O) groups is 1. The minimum Gasteiger partial charge on any atom is -0.359 e. The molecule has 0 amide bonds. The average Bonchev–Trinajstić information content (AvgIpc) is 2.87. The van der Waals surface area contributed by atoms with Gasteiger partial charge in [0.2, 0.25) is 0 Å². The molecule has 2 nitrogen and oxygen atoms in total. The van der Waals surface area contributed by atoms with Crippen LogP contribution in [0.3, 0.4) is 0 Å². The second-order valence-corrected chi connectivity index (χ2v) is 9.99. The predicted molar refractivity (Wildman–Crippen MR) is 104 cm³/mol. The number of fused-ring (bicyclic) bond motifs is 5. The van der Waals surface area contributed by atoms with Gasteiger partial charge in [0.1, 0.15) is 5.60 Å². The van der Waals surface area contributed by atoms with E-state index < -0.39 is 5.60 Å². The van der Waals surface area contributed by atoms with Crippen molar-refractivity contribution in [2.45, 2.75) is 84.3 Å². The van der Waals surface area contributed by atoms with Gasteiger partial charge in [0.25, 0.3) is 0 Å². The highest BCUT2D eigenvalue weighted by molar-refractivity contribution is 5.91. The van der Waals surface area contributed by atoms with Gasteiger partial charge < -0.3 is 4.74 Å². The van der Waals surface area contributed by atoms with Crippen molar-refractivity contribution in [1.82, 2.24) is 0 Å². The zero-order chi connectivity index (χ0) is 18.7. The number of carbonyl (C=O) groups excluding carboxylic acids is 1. The molecular formula is C24H34O2. The first kappa shape index (κ1) is 18.3. The van der Waals surface area contributed by atoms with Crippen LogP contribution < -0.4 is 0 Å². The fourth-order valence-electron chi connectivity index (χ4n) is 7.46. The molecule has 26 heavy (non-hydrogen) atoms. The van der Waals surface area contributed by atoms with Crippen molar-refractivity contribution in [1.29, 1.82) is 0 Å². The van der Waals surface area contributed by atoms with E-state index in [1.807, 2.05) is 6.08 Å². The van der Waals surface area contributed by atoms with Crippen LogP contribution in [-0.4, -0.2) is 17.5 Å². The van der Waals surface area contributed by atoms with Crippen LogP contribution in [0.2, 0.25) is 0 Å². The summed E-state index contributed by atoms with van der Waals surface area (Å²) in [5.74, 6) is 6.91. The Morgan fingerprint density at radius 3 is 2.73 bits per heavy atom. The molecule has 0 spiro atoms. The fourth-order valence-corrected chi connectivity index (χ4v) is 7.46. The number of rotatable bonds is 2. The molecule has 142 valence electrons. The SMILES string of the molecule is C#C[C@]1(OC(C)C)CCC2C3C(C)CC4=CC(=O)CCC4C3CC[C@@]21C. The quantitative estimate of drug-likeness (QED) is 0.639. The van der Waals surface area contributed by atoms with E-state index in [0.717, 1.165) is 37.5 Å². The molecule has 0 aromatic rings. The number of terminal acetylenes is 1. The summed E-state index contributed by atoms with van der Waals surface area (Å²) in [5.41, 5.74) is 1.15. The molecule has 2 heteroatoms. The van der Waals surface area contributed by atoms with Crippen molar-refractivity contribution in [2.24, 2.45) is 35.0 Å². The minimum absolute atomic E-state index is 0.0904. The van der Waals surface area contributed by atoms with Crippen LogP contribution in [0.5, 0.6) is 0 Å². The highest BCUT2D eigenvalue weighted by atomic mass is 16.5. The Morgan fingerprint density at radius 1 is 1.27 bits per heavy atom. The Morgan fingerprint density at radius 2 is 2.04 bits per heavy atom.